The molecular formula is C28H27N3O3. The van der Waals surface area contributed by atoms with Crippen molar-refractivity contribution in [2.45, 2.75) is 27.7 Å². The number of hydrogen-bond acceptors (Lipinski definition) is 4. The van der Waals surface area contributed by atoms with Gasteiger partial charge >= 0.3 is 0 Å². The lowest BCUT2D eigenvalue weighted by molar-refractivity contribution is -0.118. The number of nitrogens with one attached hydrogen (secondary N) is 2. The molecule has 0 radical (unpaired) electrons. The van der Waals surface area contributed by atoms with E-state index in [0.717, 1.165) is 27.9 Å². The molecule has 3 aromatic rings. The molecule has 6 heteroatoms. The number of nitriles is 1. The van der Waals surface area contributed by atoms with Gasteiger partial charge in [-0.1, -0.05) is 47.5 Å². The quantitative estimate of drug-likeness (QED) is 0.366. The number of rotatable bonds is 7. The van der Waals surface area contributed by atoms with E-state index in [-0.39, 0.29) is 18.1 Å². The van der Waals surface area contributed by atoms with Crippen molar-refractivity contribution in [3.8, 4) is 11.8 Å². The summed E-state index contributed by atoms with van der Waals surface area (Å²) in [5, 5.41) is 15.1. The molecule has 2 amide bonds. The van der Waals surface area contributed by atoms with E-state index in [9.17, 15) is 14.9 Å². The highest BCUT2D eigenvalue weighted by atomic mass is 16.5. The molecule has 172 valence electrons. The smallest absolute Gasteiger partial charge is 0.266 e. The third-order valence-electron chi connectivity index (χ3n) is 5.19. The van der Waals surface area contributed by atoms with Crippen LogP contribution in [0.5, 0.6) is 5.75 Å². The summed E-state index contributed by atoms with van der Waals surface area (Å²) < 4.78 is 5.62. The van der Waals surface area contributed by atoms with Gasteiger partial charge in [-0.2, -0.15) is 5.26 Å². The Labute approximate surface area is 199 Å². The van der Waals surface area contributed by atoms with Crippen LogP contribution >= 0.6 is 0 Å². The first kappa shape index (κ1) is 24.3. The van der Waals surface area contributed by atoms with Gasteiger partial charge in [0.2, 0.25) is 0 Å². The Kier molecular flexibility index (Phi) is 7.83. The summed E-state index contributed by atoms with van der Waals surface area (Å²) in [4.78, 5) is 24.9. The number of nitrogens with zero attached hydrogens (tertiary/aromatic N) is 1. The normalized spacial score (nSPS) is 10.9. The standard InChI is InChI=1S/C28H27N3O3/c1-18-8-10-25(20(3)12-18)30-27(32)17-34-24-7-5-6-22(15-24)14-23(16-29)28(33)31-26-11-9-19(2)13-21(26)4/h5-15H,17H2,1-4H3,(H,30,32)(H,31,33)/b23-14+. The molecule has 34 heavy (non-hydrogen) atoms. The van der Waals surface area contributed by atoms with Crippen molar-refractivity contribution >= 4 is 29.3 Å². The molecule has 0 heterocycles. The van der Waals surface area contributed by atoms with E-state index in [4.69, 9.17) is 4.74 Å². The Morgan fingerprint density at radius 1 is 0.882 bits per heavy atom. The monoisotopic (exact) mass is 453 g/mol. The van der Waals surface area contributed by atoms with Gasteiger partial charge in [-0.25, -0.2) is 0 Å². The Morgan fingerprint density at radius 3 is 2.09 bits per heavy atom. The van der Waals surface area contributed by atoms with Crippen molar-refractivity contribution in [3.63, 3.8) is 0 Å². The molecule has 0 unspecified atom stereocenters. The Bertz CT molecular complexity index is 1300. The van der Waals surface area contributed by atoms with E-state index in [0.29, 0.717) is 17.0 Å². The molecule has 0 atom stereocenters. The van der Waals surface area contributed by atoms with Gasteiger partial charge in [-0.15, -0.1) is 0 Å². The van der Waals surface area contributed by atoms with E-state index in [1.54, 1.807) is 24.3 Å². The van der Waals surface area contributed by atoms with Gasteiger partial charge in [0.1, 0.15) is 17.4 Å². The predicted molar refractivity (Wildman–Crippen MR) is 135 cm³/mol. The first-order valence-corrected chi connectivity index (χ1v) is 10.9. The van der Waals surface area contributed by atoms with Gasteiger partial charge in [-0.3, -0.25) is 9.59 Å². The van der Waals surface area contributed by atoms with Crippen molar-refractivity contribution in [2.24, 2.45) is 0 Å². The number of carbonyl (C=O) groups is 2. The number of anilines is 2. The summed E-state index contributed by atoms with van der Waals surface area (Å²) in [6, 6.07) is 20.3. The van der Waals surface area contributed by atoms with Crippen LogP contribution in [0.4, 0.5) is 11.4 Å². The maximum Gasteiger partial charge on any atom is 0.266 e. The summed E-state index contributed by atoms with van der Waals surface area (Å²) in [6.07, 6.45) is 1.49. The summed E-state index contributed by atoms with van der Waals surface area (Å²) in [5.74, 6) is -0.316. The first-order chi connectivity index (χ1) is 16.2. The molecule has 0 aromatic heterocycles. The van der Waals surface area contributed by atoms with Crippen LogP contribution < -0.4 is 15.4 Å². The van der Waals surface area contributed by atoms with Crippen LogP contribution in [0.15, 0.2) is 66.2 Å². The average molecular weight is 454 g/mol. The molecule has 0 aliphatic rings. The van der Waals surface area contributed by atoms with Gasteiger partial charge in [0.05, 0.1) is 0 Å². The van der Waals surface area contributed by atoms with Crippen LogP contribution in [-0.2, 0) is 9.59 Å². The van der Waals surface area contributed by atoms with Crippen LogP contribution in [0, 0.1) is 39.0 Å². The van der Waals surface area contributed by atoms with Crippen molar-refractivity contribution in [1.29, 1.82) is 5.26 Å². The van der Waals surface area contributed by atoms with E-state index < -0.39 is 5.91 Å². The lowest BCUT2D eigenvalue weighted by Gasteiger charge is -2.11. The second kappa shape index (κ2) is 11.0. The third kappa shape index (κ3) is 6.57. The fourth-order valence-electron chi connectivity index (χ4n) is 3.44. The van der Waals surface area contributed by atoms with Gasteiger partial charge < -0.3 is 15.4 Å². The fraction of sp³-hybridized carbons (Fsp3) is 0.179. The minimum Gasteiger partial charge on any atom is -0.484 e. The number of amides is 2. The molecule has 0 bridgehead atoms. The van der Waals surface area contributed by atoms with Crippen molar-refractivity contribution in [2.75, 3.05) is 17.2 Å². The molecule has 3 aromatic carbocycles. The maximum absolute atomic E-state index is 12.6. The molecule has 0 saturated carbocycles. The first-order valence-electron chi connectivity index (χ1n) is 10.9. The average Bonchev–Trinajstić information content (AvgIpc) is 2.80. The summed E-state index contributed by atoms with van der Waals surface area (Å²) in [6.45, 7) is 7.63. The van der Waals surface area contributed by atoms with Crippen molar-refractivity contribution in [3.05, 3.63) is 94.1 Å². The zero-order valence-electron chi connectivity index (χ0n) is 19.7. The molecule has 6 nitrogen and oxygen atoms in total. The van der Waals surface area contributed by atoms with Crippen molar-refractivity contribution < 1.29 is 14.3 Å². The Hall–Kier alpha value is -4.37. The van der Waals surface area contributed by atoms with E-state index in [1.165, 1.54) is 6.08 Å². The predicted octanol–water partition coefficient (Wildman–Crippen LogP) is 5.48. The van der Waals surface area contributed by atoms with Crippen LogP contribution in [0.1, 0.15) is 27.8 Å². The lowest BCUT2D eigenvalue weighted by Crippen LogP contribution is -2.20. The zero-order valence-corrected chi connectivity index (χ0v) is 19.7. The van der Waals surface area contributed by atoms with Gasteiger partial charge in [0, 0.05) is 11.4 Å². The Balaban J connectivity index is 1.65. The number of hydrogen-bond donors (Lipinski definition) is 2. The molecule has 0 aliphatic heterocycles. The number of aryl methyl sites for hydroxylation is 4. The van der Waals surface area contributed by atoms with Gasteiger partial charge in [-0.05, 0) is 74.7 Å². The van der Waals surface area contributed by atoms with Gasteiger partial charge in [0.25, 0.3) is 11.8 Å². The fourth-order valence-corrected chi connectivity index (χ4v) is 3.44. The minimum absolute atomic E-state index is 0.0373. The van der Waals surface area contributed by atoms with Crippen LogP contribution in [0.25, 0.3) is 6.08 Å². The molecule has 2 N–H and O–H groups in total. The van der Waals surface area contributed by atoms with Gasteiger partial charge in [0.15, 0.2) is 6.61 Å². The highest BCUT2D eigenvalue weighted by molar-refractivity contribution is 6.10. The third-order valence-corrected chi connectivity index (χ3v) is 5.19. The van der Waals surface area contributed by atoms with E-state index in [2.05, 4.69) is 10.6 Å². The number of benzene rings is 3. The van der Waals surface area contributed by atoms with E-state index in [1.807, 2.05) is 70.2 Å². The highest BCUT2D eigenvalue weighted by Gasteiger charge is 2.12. The van der Waals surface area contributed by atoms with Crippen LogP contribution in [-0.4, -0.2) is 18.4 Å². The van der Waals surface area contributed by atoms with Crippen LogP contribution in [0.3, 0.4) is 0 Å². The minimum atomic E-state index is -0.492. The molecule has 0 fully saturated rings. The SMILES string of the molecule is Cc1ccc(NC(=O)COc2cccc(/C=C(\C#N)C(=O)Nc3ccc(C)cc3C)c2)c(C)c1. The summed E-state index contributed by atoms with van der Waals surface area (Å²) >= 11 is 0. The molecular weight excluding hydrogens is 426 g/mol. The largest absolute Gasteiger partial charge is 0.484 e. The lowest BCUT2D eigenvalue weighted by atomic mass is 10.1. The second-order valence-electron chi connectivity index (χ2n) is 8.17. The number of ether oxygens (including phenoxy) is 1. The van der Waals surface area contributed by atoms with Crippen LogP contribution in [0.2, 0.25) is 0 Å². The second-order valence-corrected chi connectivity index (χ2v) is 8.17. The zero-order chi connectivity index (χ0) is 24.7. The molecule has 3 rings (SSSR count). The summed E-state index contributed by atoms with van der Waals surface area (Å²) in [7, 11) is 0. The highest BCUT2D eigenvalue weighted by Crippen LogP contribution is 2.20. The maximum atomic E-state index is 12.6. The Morgan fingerprint density at radius 2 is 1.50 bits per heavy atom. The van der Waals surface area contributed by atoms with E-state index >= 15 is 0 Å². The van der Waals surface area contributed by atoms with Crippen molar-refractivity contribution in [1.82, 2.24) is 0 Å². The number of carbonyl (C=O) groups excluding carboxylic acids is 2. The molecule has 0 aliphatic carbocycles. The topological polar surface area (TPSA) is 91.2 Å². The molecule has 0 saturated heterocycles. The summed E-state index contributed by atoms with van der Waals surface area (Å²) in [5.41, 5.74) is 6.07. The molecule has 0 spiro atoms.